The van der Waals surface area contributed by atoms with Gasteiger partial charge in [0.25, 0.3) is 0 Å². The van der Waals surface area contributed by atoms with Gasteiger partial charge in [-0.05, 0) is 13.5 Å². The molecule has 92 valence electrons. The second-order valence-electron chi connectivity index (χ2n) is 3.61. The van der Waals surface area contributed by atoms with Crippen LogP contribution in [0.25, 0.3) is 0 Å². The Balaban J connectivity index is 2.64. The molecule has 0 amide bonds. The Morgan fingerprint density at radius 2 is 2.12 bits per heavy atom. The molecule has 0 aromatic carbocycles. The summed E-state index contributed by atoms with van der Waals surface area (Å²) in [6.07, 6.45) is 2.01. The van der Waals surface area contributed by atoms with Crippen molar-refractivity contribution in [2.75, 3.05) is 19.3 Å². The van der Waals surface area contributed by atoms with E-state index in [2.05, 4.69) is 15.5 Å². The molecule has 0 spiro atoms. The third kappa shape index (κ3) is 3.80. The molecule has 0 aliphatic carbocycles. The van der Waals surface area contributed by atoms with Crippen molar-refractivity contribution in [3.63, 3.8) is 0 Å². The van der Waals surface area contributed by atoms with Crippen molar-refractivity contribution in [2.24, 2.45) is 0 Å². The summed E-state index contributed by atoms with van der Waals surface area (Å²) in [5.74, 6) is 0. The van der Waals surface area contributed by atoms with Crippen LogP contribution in [0.5, 0.6) is 0 Å². The van der Waals surface area contributed by atoms with Crippen molar-refractivity contribution >= 4 is 21.2 Å². The molecule has 7 heteroatoms. The summed E-state index contributed by atoms with van der Waals surface area (Å²) in [6.45, 7) is 5.45. The van der Waals surface area contributed by atoms with Crippen molar-refractivity contribution in [2.45, 2.75) is 25.5 Å². The monoisotopic (exact) mass is 263 g/mol. The summed E-state index contributed by atoms with van der Waals surface area (Å²) >= 11 is 1.38. The maximum absolute atomic E-state index is 11.3. The number of aromatic nitrogens is 2. The Hall–Kier alpha value is -0.530. The van der Waals surface area contributed by atoms with Crippen LogP contribution in [0.15, 0.2) is 0 Å². The van der Waals surface area contributed by atoms with E-state index in [4.69, 9.17) is 0 Å². The number of nitrogens with zero attached hydrogens (tertiary/aromatic N) is 2. The van der Waals surface area contributed by atoms with Gasteiger partial charge in [-0.2, -0.15) is 0 Å². The fourth-order valence-corrected chi connectivity index (χ4v) is 2.94. The predicted octanol–water partition coefficient (Wildman–Crippen LogP) is 0.796. The molecule has 0 aliphatic rings. The minimum atomic E-state index is -3.08. The van der Waals surface area contributed by atoms with Crippen LogP contribution >= 0.6 is 11.3 Å². The first-order chi connectivity index (χ1) is 7.45. The summed E-state index contributed by atoms with van der Waals surface area (Å²) < 4.78 is 22.7. The Morgan fingerprint density at radius 3 is 2.69 bits per heavy atom. The number of hydrogen-bond donors (Lipinski definition) is 1. The van der Waals surface area contributed by atoms with Crippen LogP contribution in [0.2, 0.25) is 0 Å². The number of rotatable bonds is 6. The van der Waals surface area contributed by atoms with Crippen LogP contribution in [0, 0.1) is 0 Å². The molecule has 1 heterocycles. The first kappa shape index (κ1) is 13.5. The molecule has 1 unspecified atom stereocenters. The van der Waals surface area contributed by atoms with E-state index < -0.39 is 15.1 Å². The van der Waals surface area contributed by atoms with Gasteiger partial charge in [-0.25, -0.2) is 8.42 Å². The molecule has 1 aromatic heterocycles. The van der Waals surface area contributed by atoms with E-state index in [0.29, 0.717) is 5.01 Å². The molecular weight excluding hydrogens is 246 g/mol. The highest BCUT2D eigenvalue weighted by atomic mass is 32.2. The van der Waals surface area contributed by atoms with E-state index in [1.54, 1.807) is 6.92 Å². The Labute approximate surface area is 100 Å². The van der Waals surface area contributed by atoms with E-state index in [1.807, 2.05) is 6.92 Å². The highest BCUT2D eigenvalue weighted by Gasteiger charge is 2.21. The molecule has 5 nitrogen and oxygen atoms in total. The van der Waals surface area contributed by atoms with Gasteiger partial charge in [-0.3, -0.25) is 0 Å². The van der Waals surface area contributed by atoms with Crippen LogP contribution in [0.4, 0.5) is 0 Å². The van der Waals surface area contributed by atoms with Gasteiger partial charge in [0, 0.05) is 19.2 Å². The highest BCUT2D eigenvalue weighted by Crippen LogP contribution is 2.24. The zero-order chi connectivity index (χ0) is 12.2. The lowest BCUT2D eigenvalue weighted by Crippen LogP contribution is -2.15. The first-order valence-electron chi connectivity index (χ1n) is 5.17. The molecule has 0 radical (unpaired) electrons. The van der Waals surface area contributed by atoms with Gasteiger partial charge < -0.3 is 5.32 Å². The van der Waals surface area contributed by atoms with Gasteiger partial charge in [-0.15, -0.1) is 21.5 Å². The second kappa shape index (κ2) is 5.70. The van der Waals surface area contributed by atoms with E-state index in [1.165, 1.54) is 17.6 Å². The van der Waals surface area contributed by atoms with Gasteiger partial charge in [0.15, 0.2) is 9.84 Å². The quantitative estimate of drug-likeness (QED) is 0.768. The van der Waals surface area contributed by atoms with Crippen LogP contribution < -0.4 is 5.32 Å². The lowest BCUT2D eigenvalue weighted by atomic mass is 10.4. The fourth-order valence-electron chi connectivity index (χ4n) is 1.09. The van der Waals surface area contributed by atoms with Gasteiger partial charge >= 0.3 is 0 Å². The molecule has 1 N–H and O–H groups in total. The summed E-state index contributed by atoms with van der Waals surface area (Å²) in [5, 5.41) is 12.0. The predicted molar refractivity (Wildman–Crippen MR) is 65.4 cm³/mol. The third-order valence-corrected chi connectivity index (χ3v) is 5.06. The first-order valence-corrected chi connectivity index (χ1v) is 7.94. The molecule has 16 heavy (non-hydrogen) atoms. The molecule has 0 fully saturated rings. The molecule has 0 saturated carbocycles. The minimum Gasteiger partial charge on any atom is -0.317 e. The van der Waals surface area contributed by atoms with Crippen LogP contribution in [-0.4, -0.2) is 38.0 Å². The third-order valence-electron chi connectivity index (χ3n) is 2.24. The van der Waals surface area contributed by atoms with Crippen LogP contribution in [0.3, 0.4) is 0 Å². The van der Waals surface area contributed by atoms with E-state index in [-0.39, 0.29) is 0 Å². The number of hydrogen-bond acceptors (Lipinski definition) is 6. The largest absolute Gasteiger partial charge is 0.317 e. The molecular formula is C9H17N3O2S2. The lowest BCUT2D eigenvalue weighted by Gasteiger charge is -2.02. The Morgan fingerprint density at radius 1 is 1.44 bits per heavy atom. The summed E-state index contributed by atoms with van der Waals surface area (Å²) in [5.41, 5.74) is 0. The van der Waals surface area contributed by atoms with E-state index in [9.17, 15) is 8.42 Å². The molecule has 1 aromatic rings. The number of nitrogens with one attached hydrogen (secondary N) is 1. The van der Waals surface area contributed by atoms with Gasteiger partial charge in [0.1, 0.15) is 15.3 Å². The van der Waals surface area contributed by atoms with Crippen molar-refractivity contribution in [3.05, 3.63) is 10.0 Å². The smallest absolute Gasteiger partial charge is 0.156 e. The van der Waals surface area contributed by atoms with Crippen molar-refractivity contribution in [1.29, 1.82) is 0 Å². The van der Waals surface area contributed by atoms with Gasteiger partial charge in [0.2, 0.25) is 0 Å². The van der Waals surface area contributed by atoms with E-state index in [0.717, 1.165) is 24.5 Å². The van der Waals surface area contributed by atoms with Crippen molar-refractivity contribution < 1.29 is 8.42 Å². The number of likely N-dealkylation sites (N-methyl/N-ethyl adjacent to an activating group) is 1. The SMILES string of the molecule is CCNCCc1nnc(C(C)S(C)(=O)=O)s1. The average molecular weight is 263 g/mol. The molecule has 0 aliphatic heterocycles. The maximum Gasteiger partial charge on any atom is 0.156 e. The topological polar surface area (TPSA) is 72.0 Å². The van der Waals surface area contributed by atoms with Crippen molar-refractivity contribution in [1.82, 2.24) is 15.5 Å². The molecule has 0 saturated heterocycles. The van der Waals surface area contributed by atoms with Gasteiger partial charge in [-0.1, -0.05) is 6.92 Å². The molecule has 0 bridgehead atoms. The lowest BCUT2D eigenvalue weighted by molar-refractivity contribution is 0.591. The summed E-state index contributed by atoms with van der Waals surface area (Å²) in [7, 11) is -3.08. The minimum absolute atomic E-state index is 0.558. The Bertz CT molecular complexity index is 428. The van der Waals surface area contributed by atoms with E-state index >= 15 is 0 Å². The normalized spacial score (nSPS) is 13.9. The van der Waals surface area contributed by atoms with Crippen molar-refractivity contribution in [3.8, 4) is 0 Å². The summed E-state index contributed by atoms with van der Waals surface area (Å²) in [6, 6.07) is 0. The van der Waals surface area contributed by atoms with Gasteiger partial charge in [0.05, 0.1) is 0 Å². The highest BCUT2D eigenvalue weighted by molar-refractivity contribution is 7.91. The zero-order valence-electron chi connectivity index (χ0n) is 9.73. The maximum atomic E-state index is 11.3. The fraction of sp³-hybridized carbons (Fsp3) is 0.778. The average Bonchev–Trinajstić information content (AvgIpc) is 2.64. The Kier molecular flexibility index (Phi) is 4.82. The molecule has 1 rings (SSSR count). The second-order valence-corrected chi connectivity index (χ2v) is 7.07. The standard InChI is InChI=1S/C9H17N3O2S2/c1-4-10-6-5-8-11-12-9(15-8)7(2)16(3,13)14/h7,10H,4-6H2,1-3H3. The van der Waals surface area contributed by atoms with Crippen LogP contribution in [0.1, 0.15) is 29.1 Å². The zero-order valence-corrected chi connectivity index (χ0v) is 11.4. The summed E-state index contributed by atoms with van der Waals surface area (Å²) in [4.78, 5) is 0. The number of sulfone groups is 1. The molecule has 1 atom stereocenters. The van der Waals surface area contributed by atoms with Crippen LogP contribution in [-0.2, 0) is 16.3 Å².